The summed E-state index contributed by atoms with van der Waals surface area (Å²) in [6.07, 6.45) is 8.71. The summed E-state index contributed by atoms with van der Waals surface area (Å²) in [5, 5.41) is 14.2. The molecule has 4 aliphatic heterocycles. The Morgan fingerprint density at radius 1 is 1.03 bits per heavy atom. The maximum absolute atomic E-state index is 9.73. The molecule has 4 fully saturated rings. The number of anilines is 2. The van der Waals surface area contributed by atoms with Gasteiger partial charge < -0.3 is 19.3 Å². The van der Waals surface area contributed by atoms with Crippen LogP contribution in [0, 0.1) is 11.3 Å². The number of hydrogen-bond acceptors (Lipinski definition) is 9. The third kappa shape index (κ3) is 4.33. The molecule has 0 amide bonds. The van der Waals surface area contributed by atoms with Crippen molar-refractivity contribution >= 4 is 17.0 Å². The van der Waals surface area contributed by atoms with E-state index in [1.54, 1.807) is 13.3 Å². The van der Waals surface area contributed by atoms with E-state index in [1.165, 1.54) is 12.0 Å². The zero-order valence-corrected chi connectivity index (χ0v) is 21.9. The fraction of sp³-hybridized carbons (Fsp3) is 0.379. The fourth-order valence-corrected chi connectivity index (χ4v) is 6.10. The molecule has 4 aliphatic rings. The van der Waals surface area contributed by atoms with Crippen molar-refractivity contribution in [2.75, 3.05) is 56.3 Å². The van der Waals surface area contributed by atoms with Crippen molar-refractivity contribution in [2.24, 2.45) is 0 Å². The minimum atomic E-state index is 0.516. The molecular formula is C29H30N8O2. The smallest absolute Gasteiger partial charge is 0.212 e. The molecule has 0 aromatic carbocycles. The zero-order valence-electron chi connectivity index (χ0n) is 21.9. The molecule has 0 N–H and O–H groups in total. The van der Waals surface area contributed by atoms with Gasteiger partial charge in [-0.1, -0.05) is 6.07 Å². The number of fused-ring (bicyclic) bond motifs is 3. The van der Waals surface area contributed by atoms with Crippen LogP contribution in [-0.2, 0) is 11.3 Å². The number of piperidine rings is 1. The summed E-state index contributed by atoms with van der Waals surface area (Å²) in [5.41, 5.74) is 5.60. The second-order valence-corrected chi connectivity index (χ2v) is 10.4. The number of pyridine rings is 3. The topological polar surface area (TPSA) is 95.1 Å². The van der Waals surface area contributed by atoms with Gasteiger partial charge in [0.2, 0.25) is 5.88 Å². The van der Waals surface area contributed by atoms with Crippen LogP contribution in [0.3, 0.4) is 0 Å². The molecule has 39 heavy (non-hydrogen) atoms. The lowest BCUT2D eigenvalue weighted by Crippen LogP contribution is -2.68. The van der Waals surface area contributed by atoms with Gasteiger partial charge in [0.1, 0.15) is 11.9 Å². The summed E-state index contributed by atoms with van der Waals surface area (Å²) < 4.78 is 12.5. The second kappa shape index (κ2) is 9.84. The van der Waals surface area contributed by atoms with Crippen molar-refractivity contribution in [1.82, 2.24) is 24.5 Å². The predicted octanol–water partition coefficient (Wildman–Crippen LogP) is 2.97. The third-order valence-corrected chi connectivity index (χ3v) is 8.19. The van der Waals surface area contributed by atoms with Gasteiger partial charge in [-0.15, -0.1) is 0 Å². The number of aromatic nitrogens is 4. The molecule has 2 bridgehead atoms. The van der Waals surface area contributed by atoms with Crippen LogP contribution in [0.4, 0.5) is 11.5 Å². The Morgan fingerprint density at radius 3 is 2.56 bits per heavy atom. The number of morpholine rings is 1. The number of piperazine rings is 1. The van der Waals surface area contributed by atoms with E-state index in [0.29, 0.717) is 36.7 Å². The molecule has 4 saturated heterocycles. The summed E-state index contributed by atoms with van der Waals surface area (Å²) in [6, 6.07) is 13.7. The third-order valence-electron chi connectivity index (χ3n) is 8.19. The molecule has 8 rings (SSSR count). The first-order chi connectivity index (χ1) is 19.2. The van der Waals surface area contributed by atoms with Gasteiger partial charge in [0.15, 0.2) is 0 Å². The van der Waals surface area contributed by atoms with Crippen molar-refractivity contribution in [2.45, 2.75) is 25.0 Å². The van der Waals surface area contributed by atoms with Crippen LogP contribution in [0.15, 0.2) is 55.1 Å². The minimum Gasteiger partial charge on any atom is -0.481 e. The molecule has 0 saturated carbocycles. The Morgan fingerprint density at radius 2 is 1.87 bits per heavy atom. The molecule has 10 nitrogen and oxygen atoms in total. The quantitative estimate of drug-likeness (QED) is 0.379. The number of rotatable bonds is 6. The van der Waals surface area contributed by atoms with Crippen LogP contribution in [0.2, 0.25) is 0 Å². The van der Waals surface area contributed by atoms with Crippen LogP contribution in [0.25, 0.3) is 16.6 Å². The Balaban J connectivity index is 1.10. The lowest BCUT2D eigenvalue weighted by atomic mass is 9.87. The SMILES string of the molecule is COc1ccc(CN2C3CC2CN(c2ccc(-c4cc(N5CCOCC5)cn5ncc(C#N)c45)cn2)C3)cn1. The van der Waals surface area contributed by atoms with E-state index in [4.69, 9.17) is 14.5 Å². The molecule has 2 unspecified atom stereocenters. The van der Waals surface area contributed by atoms with Crippen molar-refractivity contribution in [3.63, 3.8) is 0 Å². The van der Waals surface area contributed by atoms with Crippen LogP contribution in [-0.4, -0.2) is 83.1 Å². The van der Waals surface area contributed by atoms with Gasteiger partial charge in [0.25, 0.3) is 0 Å². The summed E-state index contributed by atoms with van der Waals surface area (Å²) >= 11 is 0. The molecule has 8 heterocycles. The van der Waals surface area contributed by atoms with Crippen LogP contribution < -0.4 is 14.5 Å². The van der Waals surface area contributed by atoms with E-state index in [1.807, 2.05) is 29.2 Å². The highest BCUT2D eigenvalue weighted by atomic mass is 16.5. The van der Waals surface area contributed by atoms with Gasteiger partial charge in [-0.3, -0.25) is 4.90 Å². The van der Waals surface area contributed by atoms with E-state index in [-0.39, 0.29) is 0 Å². The molecule has 4 aromatic rings. The molecule has 0 spiro atoms. The van der Waals surface area contributed by atoms with Crippen LogP contribution >= 0.6 is 0 Å². The minimum absolute atomic E-state index is 0.516. The van der Waals surface area contributed by atoms with Crippen molar-refractivity contribution in [1.29, 1.82) is 5.26 Å². The highest BCUT2D eigenvalue weighted by molar-refractivity contribution is 5.86. The zero-order chi connectivity index (χ0) is 26.3. The van der Waals surface area contributed by atoms with Crippen LogP contribution in [0.1, 0.15) is 17.5 Å². The van der Waals surface area contributed by atoms with Gasteiger partial charge in [-0.05, 0) is 30.2 Å². The molecule has 0 aliphatic carbocycles. The first-order valence-electron chi connectivity index (χ1n) is 13.4. The molecule has 198 valence electrons. The fourth-order valence-electron chi connectivity index (χ4n) is 6.10. The maximum atomic E-state index is 9.73. The highest BCUT2D eigenvalue weighted by Crippen LogP contribution is 2.36. The monoisotopic (exact) mass is 522 g/mol. The molecule has 4 aromatic heterocycles. The summed E-state index contributed by atoms with van der Waals surface area (Å²) in [4.78, 5) is 16.5. The van der Waals surface area contributed by atoms with Crippen molar-refractivity contribution < 1.29 is 9.47 Å². The van der Waals surface area contributed by atoms with E-state index in [2.05, 4.69) is 55.1 Å². The largest absolute Gasteiger partial charge is 0.481 e. The van der Waals surface area contributed by atoms with Gasteiger partial charge in [0.05, 0.1) is 49.5 Å². The lowest BCUT2D eigenvalue weighted by Gasteiger charge is -2.56. The lowest BCUT2D eigenvalue weighted by molar-refractivity contribution is -0.00876. The maximum Gasteiger partial charge on any atom is 0.212 e. The van der Waals surface area contributed by atoms with Gasteiger partial charge in [-0.25, -0.2) is 14.5 Å². The summed E-state index contributed by atoms with van der Waals surface area (Å²) in [5.74, 6) is 1.64. The molecule has 2 atom stereocenters. The second-order valence-electron chi connectivity index (χ2n) is 10.4. The van der Waals surface area contributed by atoms with Crippen LogP contribution in [0.5, 0.6) is 5.88 Å². The van der Waals surface area contributed by atoms with Gasteiger partial charge >= 0.3 is 0 Å². The first-order valence-corrected chi connectivity index (χ1v) is 13.4. The van der Waals surface area contributed by atoms with E-state index in [0.717, 1.165) is 60.9 Å². The van der Waals surface area contributed by atoms with E-state index in [9.17, 15) is 5.26 Å². The Labute approximate surface area is 227 Å². The highest BCUT2D eigenvalue weighted by Gasteiger charge is 2.44. The average Bonchev–Trinajstić information content (AvgIpc) is 3.43. The first kappa shape index (κ1) is 23.9. The van der Waals surface area contributed by atoms with Gasteiger partial charge in [0, 0.05) is 74.4 Å². The number of ether oxygens (including phenoxy) is 2. The Bertz CT molecular complexity index is 1510. The number of nitriles is 1. The van der Waals surface area contributed by atoms with Gasteiger partial charge in [-0.2, -0.15) is 10.4 Å². The molecular weight excluding hydrogens is 492 g/mol. The summed E-state index contributed by atoms with van der Waals surface area (Å²) in [7, 11) is 1.64. The number of nitrogens with zero attached hydrogens (tertiary/aromatic N) is 8. The standard InChI is InChI=1S/C29H30N8O2/c1-38-28-5-2-20(13-32-28)16-36-24-10-25(36)18-35(17-24)27-4-3-21(14-31-27)26-11-23(34-6-8-39-9-7-34)19-37-29(26)22(12-30)15-33-37/h2-5,11,13-15,19,24-25H,6-10,16-18H2,1H3. The molecule has 0 radical (unpaired) electrons. The Hall–Kier alpha value is -4.20. The number of hydrogen-bond donors (Lipinski definition) is 0. The number of methoxy groups -OCH3 is 1. The Kier molecular flexibility index (Phi) is 6.02. The summed E-state index contributed by atoms with van der Waals surface area (Å²) in [6.45, 7) is 5.91. The van der Waals surface area contributed by atoms with E-state index >= 15 is 0 Å². The average molecular weight is 523 g/mol. The van der Waals surface area contributed by atoms with Crippen molar-refractivity contribution in [3.05, 3.63) is 66.2 Å². The van der Waals surface area contributed by atoms with E-state index < -0.39 is 0 Å². The normalized spacial score (nSPS) is 21.0. The van der Waals surface area contributed by atoms with Crippen molar-refractivity contribution in [3.8, 4) is 23.1 Å². The predicted molar refractivity (Wildman–Crippen MR) is 147 cm³/mol. The molecule has 10 heteroatoms.